The molecule has 2 aliphatic heterocycles. The van der Waals surface area contributed by atoms with Gasteiger partial charge in [-0.2, -0.15) is 5.10 Å². The van der Waals surface area contributed by atoms with Crippen LogP contribution in [0.1, 0.15) is 42.6 Å². The quantitative estimate of drug-likeness (QED) is 0.904. The molecule has 2 fully saturated rings. The van der Waals surface area contributed by atoms with Gasteiger partial charge >= 0.3 is 6.09 Å². The summed E-state index contributed by atoms with van der Waals surface area (Å²) in [5.41, 5.74) is 3.15. The minimum absolute atomic E-state index is 0.130. The summed E-state index contributed by atoms with van der Waals surface area (Å²) in [6, 6.07) is 0. The number of aromatic amines is 1. The predicted octanol–water partition coefficient (Wildman–Crippen LogP) is 1.27. The number of fused-ring (bicyclic) bond motifs is 1. The van der Waals surface area contributed by atoms with Gasteiger partial charge in [0.2, 0.25) is 5.91 Å². The van der Waals surface area contributed by atoms with Crippen LogP contribution >= 0.6 is 0 Å². The first-order valence-corrected chi connectivity index (χ1v) is 8.83. The topological polar surface area (TPSA) is 78.5 Å². The molecule has 1 unspecified atom stereocenters. The zero-order chi connectivity index (χ0) is 16.7. The summed E-state index contributed by atoms with van der Waals surface area (Å²) in [4.78, 5) is 27.6. The van der Waals surface area contributed by atoms with E-state index < -0.39 is 5.60 Å². The number of aryl methyl sites for hydroxylation is 2. The zero-order valence-electron chi connectivity index (χ0n) is 14.1. The Balaban J connectivity index is 1.34. The molecule has 1 aromatic rings. The lowest BCUT2D eigenvalue weighted by molar-refractivity contribution is -0.130. The molecule has 0 radical (unpaired) electrons. The van der Waals surface area contributed by atoms with Crippen molar-refractivity contribution in [2.75, 3.05) is 26.7 Å². The minimum atomic E-state index is -0.493. The van der Waals surface area contributed by atoms with Crippen molar-refractivity contribution in [3.05, 3.63) is 17.0 Å². The average Bonchev–Trinajstić information content (AvgIpc) is 3.24. The van der Waals surface area contributed by atoms with Crippen LogP contribution < -0.4 is 0 Å². The Morgan fingerprint density at radius 3 is 2.96 bits per heavy atom. The monoisotopic (exact) mass is 332 g/mol. The molecule has 0 aromatic carbocycles. The number of ether oxygens (including phenoxy) is 1. The molecule has 0 bridgehead atoms. The highest BCUT2D eigenvalue weighted by molar-refractivity contribution is 5.77. The Kier molecular flexibility index (Phi) is 3.73. The van der Waals surface area contributed by atoms with Crippen LogP contribution in [0.15, 0.2) is 0 Å². The van der Waals surface area contributed by atoms with Crippen molar-refractivity contribution >= 4 is 12.0 Å². The molecule has 130 valence electrons. The van der Waals surface area contributed by atoms with Crippen molar-refractivity contribution in [1.82, 2.24) is 20.0 Å². The molecule has 2 saturated heterocycles. The summed E-state index contributed by atoms with van der Waals surface area (Å²) in [5.74, 6) is 0.130. The summed E-state index contributed by atoms with van der Waals surface area (Å²) < 4.78 is 5.50. The second-order valence-electron chi connectivity index (χ2n) is 7.31. The van der Waals surface area contributed by atoms with Crippen molar-refractivity contribution in [2.24, 2.45) is 0 Å². The standard InChI is InChI=1S/C17H24N4O3/c1-20-10-17(24-16(20)23)8-9-21(11-17)15(22)7-6-14-12-4-2-3-5-13(12)18-19-14/h2-11H2,1H3,(H,18,19). The molecule has 2 amide bonds. The number of likely N-dealkylation sites (tertiary alicyclic amines) is 1. The van der Waals surface area contributed by atoms with Crippen molar-refractivity contribution in [1.29, 1.82) is 0 Å². The molecule has 1 atom stereocenters. The molecule has 4 rings (SSSR count). The van der Waals surface area contributed by atoms with E-state index in [4.69, 9.17) is 4.74 Å². The number of carbonyl (C=O) groups is 2. The van der Waals surface area contributed by atoms with Crippen molar-refractivity contribution in [3.8, 4) is 0 Å². The van der Waals surface area contributed by atoms with Crippen LogP contribution in [0.3, 0.4) is 0 Å². The van der Waals surface area contributed by atoms with Crippen LogP contribution in [0.4, 0.5) is 4.79 Å². The summed E-state index contributed by atoms with van der Waals surface area (Å²) in [5, 5.41) is 7.55. The molecule has 1 spiro atoms. The van der Waals surface area contributed by atoms with Gasteiger partial charge in [-0.15, -0.1) is 0 Å². The normalized spacial score (nSPS) is 26.1. The number of nitrogens with one attached hydrogen (secondary N) is 1. The van der Waals surface area contributed by atoms with E-state index in [1.165, 1.54) is 24.1 Å². The number of aromatic nitrogens is 2. The summed E-state index contributed by atoms with van der Waals surface area (Å²) in [6.07, 6.45) is 6.18. The second kappa shape index (κ2) is 5.79. The highest BCUT2D eigenvalue weighted by Gasteiger charge is 2.49. The number of rotatable bonds is 3. The number of hydrogen-bond donors (Lipinski definition) is 1. The molecule has 1 aromatic heterocycles. The third kappa shape index (κ3) is 2.65. The molecule has 3 aliphatic rings. The van der Waals surface area contributed by atoms with Crippen molar-refractivity contribution < 1.29 is 14.3 Å². The molecule has 7 heteroatoms. The van der Waals surface area contributed by atoms with Crippen LogP contribution in [0.5, 0.6) is 0 Å². The smallest absolute Gasteiger partial charge is 0.410 e. The van der Waals surface area contributed by atoms with E-state index in [1.54, 1.807) is 11.9 Å². The molecule has 24 heavy (non-hydrogen) atoms. The summed E-state index contributed by atoms with van der Waals surface area (Å²) >= 11 is 0. The Labute approximate surface area is 141 Å². The molecule has 0 saturated carbocycles. The Bertz CT molecular complexity index is 671. The lowest BCUT2D eigenvalue weighted by Gasteiger charge is -2.21. The van der Waals surface area contributed by atoms with Gasteiger partial charge in [0.05, 0.1) is 18.8 Å². The van der Waals surface area contributed by atoms with Crippen LogP contribution in [0, 0.1) is 0 Å². The lowest BCUT2D eigenvalue weighted by Crippen LogP contribution is -2.39. The molecule has 1 aliphatic carbocycles. The summed E-state index contributed by atoms with van der Waals surface area (Å²) in [6.45, 7) is 1.75. The fourth-order valence-corrected chi connectivity index (χ4v) is 4.20. The fourth-order valence-electron chi connectivity index (χ4n) is 4.20. The van der Waals surface area contributed by atoms with Crippen LogP contribution in [-0.2, 0) is 28.8 Å². The second-order valence-corrected chi connectivity index (χ2v) is 7.31. The van der Waals surface area contributed by atoms with E-state index in [9.17, 15) is 9.59 Å². The van der Waals surface area contributed by atoms with E-state index in [2.05, 4.69) is 10.2 Å². The number of carbonyl (C=O) groups excluding carboxylic acids is 2. The van der Waals surface area contributed by atoms with Crippen LogP contribution in [0.25, 0.3) is 0 Å². The van der Waals surface area contributed by atoms with E-state index in [0.717, 1.165) is 25.0 Å². The Morgan fingerprint density at radius 1 is 1.33 bits per heavy atom. The molecular formula is C17H24N4O3. The van der Waals surface area contributed by atoms with Gasteiger partial charge in [0, 0.05) is 38.5 Å². The van der Waals surface area contributed by atoms with E-state index in [0.29, 0.717) is 32.5 Å². The van der Waals surface area contributed by atoms with Gasteiger partial charge in [-0.1, -0.05) is 0 Å². The highest BCUT2D eigenvalue weighted by atomic mass is 16.6. The minimum Gasteiger partial charge on any atom is -0.439 e. The molecule has 1 N–H and O–H groups in total. The van der Waals surface area contributed by atoms with E-state index in [-0.39, 0.29) is 12.0 Å². The maximum absolute atomic E-state index is 12.5. The van der Waals surface area contributed by atoms with Gasteiger partial charge in [-0.05, 0) is 31.2 Å². The average molecular weight is 332 g/mol. The van der Waals surface area contributed by atoms with Gasteiger partial charge < -0.3 is 14.5 Å². The van der Waals surface area contributed by atoms with Gasteiger partial charge in [0.1, 0.15) is 0 Å². The predicted molar refractivity (Wildman–Crippen MR) is 86.6 cm³/mol. The highest BCUT2D eigenvalue weighted by Crippen LogP contribution is 2.32. The first-order valence-electron chi connectivity index (χ1n) is 8.83. The Hall–Kier alpha value is -2.05. The van der Waals surface area contributed by atoms with Crippen molar-refractivity contribution in [2.45, 2.75) is 50.5 Å². The number of hydrogen-bond acceptors (Lipinski definition) is 4. The number of likely N-dealkylation sites (N-methyl/N-ethyl adjacent to an activating group) is 1. The number of nitrogens with zero attached hydrogens (tertiary/aromatic N) is 3. The van der Waals surface area contributed by atoms with Gasteiger partial charge in [0.25, 0.3) is 0 Å². The van der Waals surface area contributed by atoms with Crippen LogP contribution in [-0.4, -0.2) is 64.3 Å². The van der Waals surface area contributed by atoms with Crippen LogP contribution in [0.2, 0.25) is 0 Å². The maximum Gasteiger partial charge on any atom is 0.410 e. The molecular weight excluding hydrogens is 308 g/mol. The number of amides is 2. The van der Waals surface area contributed by atoms with Crippen molar-refractivity contribution in [3.63, 3.8) is 0 Å². The third-order valence-corrected chi connectivity index (χ3v) is 5.53. The molecule has 3 heterocycles. The maximum atomic E-state index is 12.5. The lowest BCUT2D eigenvalue weighted by atomic mass is 9.94. The van der Waals surface area contributed by atoms with E-state index in [1.807, 2.05) is 4.90 Å². The zero-order valence-corrected chi connectivity index (χ0v) is 14.1. The van der Waals surface area contributed by atoms with Gasteiger partial charge in [-0.25, -0.2) is 4.79 Å². The first-order chi connectivity index (χ1) is 11.6. The SMILES string of the molecule is CN1CC2(CCN(C(=O)CCc3n[nH]c4c3CCCC4)C2)OC1=O. The summed E-state index contributed by atoms with van der Waals surface area (Å²) in [7, 11) is 1.74. The van der Waals surface area contributed by atoms with E-state index >= 15 is 0 Å². The number of H-pyrrole nitrogens is 1. The third-order valence-electron chi connectivity index (χ3n) is 5.53. The van der Waals surface area contributed by atoms with Gasteiger partial charge in [-0.3, -0.25) is 9.89 Å². The molecule has 7 nitrogen and oxygen atoms in total. The Morgan fingerprint density at radius 2 is 2.17 bits per heavy atom. The van der Waals surface area contributed by atoms with Gasteiger partial charge in [0.15, 0.2) is 5.60 Å². The largest absolute Gasteiger partial charge is 0.439 e. The first kappa shape index (κ1) is 15.5. The fraction of sp³-hybridized carbons (Fsp3) is 0.706.